The van der Waals surface area contributed by atoms with Gasteiger partial charge in [-0.05, 0) is 42.3 Å². The molecule has 7 heteroatoms. The molecule has 0 saturated carbocycles. The van der Waals surface area contributed by atoms with E-state index in [0.717, 1.165) is 11.1 Å². The number of benzene rings is 2. The fraction of sp³-hybridized carbons (Fsp3) is 0.211. The van der Waals surface area contributed by atoms with Gasteiger partial charge in [0.15, 0.2) is 6.61 Å². The van der Waals surface area contributed by atoms with Gasteiger partial charge in [0, 0.05) is 0 Å². The van der Waals surface area contributed by atoms with Crippen LogP contribution >= 0.6 is 0 Å². The molecule has 0 bridgehead atoms. The van der Waals surface area contributed by atoms with E-state index in [4.69, 9.17) is 9.84 Å². The number of rotatable bonds is 8. The highest BCUT2D eigenvalue weighted by atomic mass is 16.5. The average molecular weight is 355 g/mol. The van der Waals surface area contributed by atoms with Crippen molar-refractivity contribution in [3.8, 4) is 5.75 Å². The first-order valence-electron chi connectivity index (χ1n) is 8.08. The first-order valence-corrected chi connectivity index (χ1v) is 8.08. The summed E-state index contributed by atoms with van der Waals surface area (Å²) in [6, 6.07) is 16.4. The third-order valence-corrected chi connectivity index (χ3v) is 3.47. The SMILES string of the molecule is C[C@@H](NC(=O)COc1ccc(/C=N\NC(=O)CO)cc1)c1ccccc1. The van der Waals surface area contributed by atoms with Gasteiger partial charge in [0.2, 0.25) is 0 Å². The smallest absolute Gasteiger partial charge is 0.265 e. The van der Waals surface area contributed by atoms with Gasteiger partial charge in [0.1, 0.15) is 12.4 Å². The summed E-state index contributed by atoms with van der Waals surface area (Å²) in [4.78, 5) is 22.8. The van der Waals surface area contributed by atoms with E-state index < -0.39 is 12.5 Å². The minimum Gasteiger partial charge on any atom is -0.484 e. The molecule has 2 aromatic rings. The second-order valence-electron chi connectivity index (χ2n) is 5.51. The third kappa shape index (κ3) is 6.37. The maximum absolute atomic E-state index is 12.0. The highest BCUT2D eigenvalue weighted by Gasteiger charge is 2.09. The lowest BCUT2D eigenvalue weighted by molar-refractivity contribution is -0.124. The number of aliphatic hydroxyl groups excluding tert-OH is 1. The molecule has 0 aliphatic heterocycles. The molecule has 0 fully saturated rings. The molecule has 0 heterocycles. The summed E-state index contributed by atoms with van der Waals surface area (Å²) >= 11 is 0. The fourth-order valence-electron chi connectivity index (χ4n) is 2.12. The Kier molecular flexibility index (Phi) is 7.32. The van der Waals surface area contributed by atoms with Gasteiger partial charge in [0.25, 0.3) is 11.8 Å². The van der Waals surface area contributed by atoms with Crippen molar-refractivity contribution < 1.29 is 19.4 Å². The van der Waals surface area contributed by atoms with Crippen LogP contribution in [-0.2, 0) is 9.59 Å². The third-order valence-electron chi connectivity index (χ3n) is 3.47. The minimum atomic E-state index is -0.616. The zero-order valence-corrected chi connectivity index (χ0v) is 14.4. The Bertz CT molecular complexity index is 745. The minimum absolute atomic E-state index is 0.0861. The highest BCUT2D eigenvalue weighted by molar-refractivity contribution is 5.82. The summed E-state index contributed by atoms with van der Waals surface area (Å²) in [5, 5.41) is 15.1. The zero-order chi connectivity index (χ0) is 18.8. The van der Waals surface area contributed by atoms with Crippen molar-refractivity contribution >= 4 is 18.0 Å². The van der Waals surface area contributed by atoms with Crippen LogP contribution in [0.4, 0.5) is 0 Å². The van der Waals surface area contributed by atoms with Gasteiger partial charge in [-0.1, -0.05) is 30.3 Å². The van der Waals surface area contributed by atoms with Crippen molar-refractivity contribution in [1.82, 2.24) is 10.7 Å². The molecule has 1 atom stereocenters. The summed E-state index contributed by atoms with van der Waals surface area (Å²) in [6.07, 6.45) is 1.44. The number of aliphatic hydroxyl groups is 1. The standard InChI is InChI=1S/C19H21N3O4/c1-14(16-5-3-2-4-6-16)21-19(25)13-26-17-9-7-15(8-10-17)11-20-22-18(24)12-23/h2-11,14,23H,12-13H2,1H3,(H,21,25)(H,22,24)/b20-11-/t14-/m1/s1. The van der Waals surface area contributed by atoms with Crippen molar-refractivity contribution in [3.63, 3.8) is 0 Å². The number of amides is 2. The molecule has 3 N–H and O–H groups in total. The number of hydrogen-bond donors (Lipinski definition) is 3. The second kappa shape index (κ2) is 9.95. The summed E-state index contributed by atoms with van der Waals surface area (Å²) in [6.45, 7) is 1.21. The lowest BCUT2D eigenvalue weighted by Crippen LogP contribution is -2.31. The molecule has 0 aromatic heterocycles. The molecule has 2 amide bonds. The zero-order valence-electron chi connectivity index (χ0n) is 14.4. The number of nitrogens with zero attached hydrogens (tertiary/aromatic N) is 1. The maximum atomic E-state index is 12.0. The number of hydrogen-bond acceptors (Lipinski definition) is 5. The summed E-state index contributed by atoms with van der Waals surface area (Å²) in [7, 11) is 0. The van der Waals surface area contributed by atoms with E-state index in [1.807, 2.05) is 37.3 Å². The number of carbonyl (C=O) groups is 2. The van der Waals surface area contributed by atoms with Crippen LogP contribution < -0.4 is 15.5 Å². The molecule has 7 nitrogen and oxygen atoms in total. The first-order chi connectivity index (χ1) is 12.6. The molecule has 0 radical (unpaired) electrons. The number of nitrogens with one attached hydrogen (secondary N) is 2. The van der Waals surface area contributed by atoms with E-state index in [-0.39, 0.29) is 18.6 Å². The van der Waals surface area contributed by atoms with Crippen molar-refractivity contribution in [2.45, 2.75) is 13.0 Å². The van der Waals surface area contributed by atoms with E-state index in [0.29, 0.717) is 5.75 Å². The molecule has 2 rings (SSSR count). The van der Waals surface area contributed by atoms with Crippen molar-refractivity contribution in [2.75, 3.05) is 13.2 Å². The normalized spacial score (nSPS) is 11.8. The van der Waals surface area contributed by atoms with Crippen LogP contribution in [0.1, 0.15) is 24.1 Å². The van der Waals surface area contributed by atoms with Crippen LogP contribution in [0.2, 0.25) is 0 Å². The van der Waals surface area contributed by atoms with E-state index in [2.05, 4.69) is 15.8 Å². The van der Waals surface area contributed by atoms with E-state index in [9.17, 15) is 9.59 Å². The van der Waals surface area contributed by atoms with E-state index in [1.165, 1.54) is 6.21 Å². The van der Waals surface area contributed by atoms with Crippen LogP contribution in [0.15, 0.2) is 59.7 Å². The predicted octanol–water partition coefficient (Wildman–Crippen LogP) is 1.39. The average Bonchev–Trinajstić information content (AvgIpc) is 2.67. The van der Waals surface area contributed by atoms with Crippen LogP contribution in [-0.4, -0.2) is 36.3 Å². The van der Waals surface area contributed by atoms with Gasteiger partial charge >= 0.3 is 0 Å². The predicted molar refractivity (Wildman–Crippen MR) is 97.8 cm³/mol. The Labute approximate surface area is 151 Å². The van der Waals surface area contributed by atoms with Gasteiger partial charge in [-0.3, -0.25) is 9.59 Å². The molecule has 136 valence electrons. The molecule has 26 heavy (non-hydrogen) atoms. The van der Waals surface area contributed by atoms with E-state index in [1.54, 1.807) is 24.3 Å². The second-order valence-corrected chi connectivity index (χ2v) is 5.51. The topological polar surface area (TPSA) is 100 Å². The van der Waals surface area contributed by atoms with Crippen LogP contribution in [0.3, 0.4) is 0 Å². The number of carbonyl (C=O) groups excluding carboxylic acids is 2. The highest BCUT2D eigenvalue weighted by Crippen LogP contribution is 2.12. The van der Waals surface area contributed by atoms with Gasteiger partial charge < -0.3 is 15.2 Å². The summed E-state index contributed by atoms with van der Waals surface area (Å²) < 4.78 is 5.46. The molecule has 2 aromatic carbocycles. The Hall–Kier alpha value is -3.19. The van der Waals surface area contributed by atoms with Crippen molar-refractivity contribution in [3.05, 3.63) is 65.7 Å². The molecule has 0 spiro atoms. The van der Waals surface area contributed by atoms with E-state index >= 15 is 0 Å². The monoisotopic (exact) mass is 355 g/mol. The molecular weight excluding hydrogens is 334 g/mol. The Morgan fingerprint density at radius 2 is 1.81 bits per heavy atom. The fourth-order valence-corrected chi connectivity index (χ4v) is 2.12. The molecule has 0 aliphatic carbocycles. The Balaban J connectivity index is 1.78. The first kappa shape index (κ1) is 19.1. The molecule has 0 aliphatic rings. The quantitative estimate of drug-likeness (QED) is 0.492. The molecule has 0 unspecified atom stereocenters. The summed E-state index contributed by atoms with van der Waals surface area (Å²) in [5.41, 5.74) is 3.92. The lowest BCUT2D eigenvalue weighted by atomic mass is 10.1. The Morgan fingerprint density at radius 3 is 2.46 bits per heavy atom. The maximum Gasteiger partial charge on any atom is 0.265 e. The molecule has 0 saturated heterocycles. The lowest BCUT2D eigenvalue weighted by Gasteiger charge is -2.14. The van der Waals surface area contributed by atoms with Crippen LogP contribution in [0, 0.1) is 0 Å². The number of ether oxygens (including phenoxy) is 1. The number of hydrazone groups is 1. The van der Waals surface area contributed by atoms with Gasteiger partial charge in [-0.25, -0.2) is 5.43 Å². The van der Waals surface area contributed by atoms with Gasteiger partial charge in [0.05, 0.1) is 12.3 Å². The Morgan fingerprint density at radius 1 is 1.12 bits per heavy atom. The molecular formula is C19H21N3O4. The van der Waals surface area contributed by atoms with Crippen molar-refractivity contribution in [2.24, 2.45) is 5.10 Å². The summed E-state index contributed by atoms with van der Waals surface area (Å²) in [5.74, 6) is -0.250. The largest absolute Gasteiger partial charge is 0.484 e. The van der Waals surface area contributed by atoms with Crippen LogP contribution in [0.5, 0.6) is 5.75 Å². The van der Waals surface area contributed by atoms with Gasteiger partial charge in [-0.2, -0.15) is 5.10 Å². The van der Waals surface area contributed by atoms with Crippen molar-refractivity contribution in [1.29, 1.82) is 0 Å². The van der Waals surface area contributed by atoms with Crippen LogP contribution in [0.25, 0.3) is 0 Å². The van der Waals surface area contributed by atoms with Gasteiger partial charge in [-0.15, -0.1) is 0 Å².